The lowest BCUT2D eigenvalue weighted by atomic mass is 9.97. The lowest BCUT2D eigenvalue weighted by Gasteiger charge is -2.24. The maximum absolute atomic E-state index is 12.2. The van der Waals surface area contributed by atoms with Gasteiger partial charge in [-0.15, -0.1) is 10.2 Å². The summed E-state index contributed by atoms with van der Waals surface area (Å²) in [5.74, 6) is 0.382. The summed E-state index contributed by atoms with van der Waals surface area (Å²) in [6.45, 7) is 5.58. The first-order chi connectivity index (χ1) is 14.3. The summed E-state index contributed by atoms with van der Waals surface area (Å²) in [5, 5.41) is 11.4. The Hall–Kier alpha value is -3.41. The highest BCUT2D eigenvalue weighted by Crippen LogP contribution is 2.46. The molecular formula is C24H26N4O2. The van der Waals surface area contributed by atoms with Crippen molar-refractivity contribution in [2.24, 2.45) is 0 Å². The van der Waals surface area contributed by atoms with Crippen molar-refractivity contribution < 1.29 is 9.53 Å². The van der Waals surface area contributed by atoms with E-state index < -0.39 is 5.60 Å². The van der Waals surface area contributed by atoms with Gasteiger partial charge in [0.15, 0.2) is 0 Å². The van der Waals surface area contributed by atoms with E-state index >= 15 is 0 Å². The molecule has 1 aromatic heterocycles. The van der Waals surface area contributed by atoms with Gasteiger partial charge >= 0.3 is 6.09 Å². The predicted octanol–water partition coefficient (Wildman–Crippen LogP) is 4.91. The zero-order chi connectivity index (χ0) is 21.4. The number of nitrogens with two attached hydrogens (primary N) is 1. The minimum atomic E-state index is -0.522. The van der Waals surface area contributed by atoms with E-state index in [1.165, 1.54) is 0 Å². The number of nitrogens with zero attached hydrogens (tertiary/aromatic N) is 2. The van der Waals surface area contributed by atoms with Crippen LogP contribution in [0.15, 0.2) is 60.7 Å². The number of carbonyl (C=O) groups is 1. The Balaban J connectivity index is 1.60. The second-order valence-corrected chi connectivity index (χ2v) is 8.68. The largest absolute Gasteiger partial charge is 0.444 e. The van der Waals surface area contributed by atoms with E-state index in [4.69, 9.17) is 10.5 Å². The van der Waals surface area contributed by atoms with Crippen LogP contribution < -0.4 is 11.1 Å². The molecule has 1 amide bonds. The lowest BCUT2D eigenvalue weighted by molar-refractivity contribution is 0.0495. The number of aromatic nitrogens is 2. The SMILES string of the molecule is CC(C)(C)OC(=O)NC1(c2ccc(-c3nnc(N)cc3-c3ccccc3)cc2)CC1. The normalized spacial score (nSPS) is 14.8. The van der Waals surface area contributed by atoms with E-state index in [1.54, 1.807) is 0 Å². The van der Waals surface area contributed by atoms with Gasteiger partial charge in [-0.05, 0) is 50.8 Å². The van der Waals surface area contributed by atoms with Crippen LogP contribution in [0, 0.1) is 0 Å². The number of nitrogens with one attached hydrogen (secondary N) is 1. The maximum atomic E-state index is 12.2. The van der Waals surface area contributed by atoms with Crippen molar-refractivity contribution in [1.82, 2.24) is 15.5 Å². The highest BCUT2D eigenvalue weighted by atomic mass is 16.6. The molecule has 1 fully saturated rings. The molecule has 0 radical (unpaired) electrons. The lowest BCUT2D eigenvalue weighted by Crippen LogP contribution is -2.39. The number of anilines is 1. The number of alkyl carbamates (subject to hydrolysis) is 1. The quantitative estimate of drug-likeness (QED) is 0.647. The molecule has 4 rings (SSSR count). The topological polar surface area (TPSA) is 90.1 Å². The first-order valence-electron chi connectivity index (χ1n) is 10.1. The minimum Gasteiger partial charge on any atom is -0.444 e. The van der Waals surface area contributed by atoms with Crippen molar-refractivity contribution in [2.75, 3.05) is 5.73 Å². The Labute approximate surface area is 176 Å². The van der Waals surface area contributed by atoms with Gasteiger partial charge in [-0.1, -0.05) is 54.6 Å². The standard InChI is InChI=1S/C24H26N4O2/c1-23(2,3)30-22(29)26-24(13-14-24)18-11-9-17(10-12-18)21-19(15-20(25)27-28-21)16-7-5-4-6-8-16/h4-12,15H,13-14H2,1-3H3,(H2,25,27)(H,26,29). The third kappa shape index (κ3) is 4.27. The monoisotopic (exact) mass is 402 g/mol. The Morgan fingerprint density at radius 2 is 1.67 bits per heavy atom. The molecule has 0 saturated heterocycles. The van der Waals surface area contributed by atoms with Crippen molar-refractivity contribution in [1.29, 1.82) is 0 Å². The third-order valence-corrected chi connectivity index (χ3v) is 5.10. The second kappa shape index (κ2) is 7.44. The van der Waals surface area contributed by atoms with Crippen LogP contribution >= 0.6 is 0 Å². The fourth-order valence-electron chi connectivity index (χ4n) is 3.51. The van der Waals surface area contributed by atoms with E-state index in [2.05, 4.69) is 15.5 Å². The molecule has 6 heteroatoms. The molecular weight excluding hydrogens is 376 g/mol. The molecule has 1 aliphatic carbocycles. The van der Waals surface area contributed by atoms with Crippen LogP contribution in [0.25, 0.3) is 22.4 Å². The maximum Gasteiger partial charge on any atom is 0.408 e. The number of carbonyl (C=O) groups excluding carboxylic acids is 1. The van der Waals surface area contributed by atoms with Crippen molar-refractivity contribution >= 4 is 11.9 Å². The second-order valence-electron chi connectivity index (χ2n) is 8.68. The van der Waals surface area contributed by atoms with Crippen LogP contribution in [0.2, 0.25) is 0 Å². The number of rotatable bonds is 4. The summed E-state index contributed by atoms with van der Waals surface area (Å²) in [7, 11) is 0. The smallest absolute Gasteiger partial charge is 0.408 e. The molecule has 0 bridgehead atoms. The number of ether oxygens (including phenoxy) is 1. The number of benzene rings is 2. The molecule has 0 atom stereocenters. The van der Waals surface area contributed by atoms with Crippen LogP contribution in [-0.2, 0) is 10.3 Å². The van der Waals surface area contributed by atoms with Crippen molar-refractivity contribution in [2.45, 2.75) is 44.8 Å². The van der Waals surface area contributed by atoms with Gasteiger partial charge in [0.05, 0.1) is 5.54 Å². The molecule has 3 N–H and O–H groups in total. The van der Waals surface area contributed by atoms with Gasteiger partial charge in [-0.3, -0.25) is 0 Å². The summed E-state index contributed by atoms with van der Waals surface area (Å²) in [5.41, 5.74) is 9.76. The van der Waals surface area contributed by atoms with Gasteiger partial charge in [-0.25, -0.2) is 4.79 Å². The Morgan fingerprint density at radius 1 is 1.00 bits per heavy atom. The van der Waals surface area contributed by atoms with Crippen molar-refractivity contribution in [3.8, 4) is 22.4 Å². The van der Waals surface area contributed by atoms with Gasteiger partial charge in [0, 0.05) is 11.1 Å². The Bertz CT molecular complexity index is 1050. The molecule has 2 aromatic carbocycles. The summed E-state index contributed by atoms with van der Waals surface area (Å²) in [6, 6.07) is 19.9. The Kier molecular flexibility index (Phi) is 4.94. The van der Waals surface area contributed by atoms with Gasteiger partial charge in [-0.2, -0.15) is 0 Å². The summed E-state index contributed by atoms with van der Waals surface area (Å²) >= 11 is 0. The molecule has 1 saturated carbocycles. The van der Waals surface area contributed by atoms with Crippen LogP contribution in [0.1, 0.15) is 39.2 Å². The first-order valence-corrected chi connectivity index (χ1v) is 10.1. The van der Waals surface area contributed by atoms with Crippen molar-refractivity contribution in [3.05, 3.63) is 66.2 Å². The Morgan fingerprint density at radius 3 is 2.27 bits per heavy atom. The minimum absolute atomic E-state index is 0.351. The summed E-state index contributed by atoms with van der Waals surface area (Å²) < 4.78 is 5.42. The van der Waals surface area contributed by atoms with Crippen molar-refractivity contribution in [3.63, 3.8) is 0 Å². The molecule has 1 heterocycles. The van der Waals surface area contributed by atoms with Crippen LogP contribution in [0.3, 0.4) is 0 Å². The van der Waals surface area contributed by atoms with Gasteiger partial charge in [0.1, 0.15) is 17.1 Å². The molecule has 30 heavy (non-hydrogen) atoms. The zero-order valence-electron chi connectivity index (χ0n) is 17.5. The van der Waals surface area contributed by atoms with E-state index in [1.807, 2.05) is 81.4 Å². The first kappa shape index (κ1) is 19.9. The van der Waals surface area contributed by atoms with Crippen LogP contribution in [0.4, 0.5) is 10.6 Å². The molecule has 3 aromatic rings. The van der Waals surface area contributed by atoms with E-state index in [9.17, 15) is 4.79 Å². The average Bonchev–Trinajstić information content (AvgIpc) is 3.48. The molecule has 0 unspecified atom stereocenters. The molecule has 6 nitrogen and oxygen atoms in total. The fraction of sp³-hybridized carbons (Fsp3) is 0.292. The van der Waals surface area contributed by atoms with Crippen LogP contribution in [-0.4, -0.2) is 21.9 Å². The number of hydrogen-bond acceptors (Lipinski definition) is 5. The highest BCUT2D eigenvalue weighted by molar-refractivity contribution is 5.81. The fourth-order valence-corrected chi connectivity index (χ4v) is 3.51. The van der Waals surface area contributed by atoms with Gasteiger partial charge < -0.3 is 15.8 Å². The average molecular weight is 402 g/mol. The summed E-state index contributed by atoms with van der Waals surface area (Å²) in [6.07, 6.45) is 1.39. The van der Waals surface area contributed by atoms with Gasteiger partial charge in [0.25, 0.3) is 0 Å². The zero-order valence-corrected chi connectivity index (χ0v) is 17.5. The summed E-state index contributed by atoms with van der Waals surface area (Å²) in [4.78, 5) is 12.2. The van der Waals surface area contributed by atoms with E-state index in [0.717, 1.165) is 40.8 Å². The molecule has 0 aliphatic heterocycles. The number of amides is 1. The number of hydrogen-bond donors (Lipinski definition) is 2. The third-order valence-electron chi connectivity index (χ3n) is 5.10. The molecule has 0 spiro atoms. The molecule has 154 valence electrons. The van der Waals surface area contributed by atoms with E-state index in [0.29, 0.717) is 5.82 Å². The van der Waals surface area contributed by atoms with Crippen LogP contribution in [0.5, 0.6) is 0 Å². The van der Waals surface area contributed by atoms with E-state index in [-0.39, 0.29) is 11.6 Å². The molecule has 1 aliphatic rings. The predicted molar refractivity (Wildman–Crippen MR) is 118 cm³/mol. The van der Waals surface area contributed by atoms with Gasteiger partial charge in [0.2, 0.25) is 0 Å². The number of nitrogen functional groups attached to an aromatic ring is 1. The highest BCUT2D eigenvalue weighted by Gasteiger charge is 2.46.